The first-order chi connectivity index (χ1) is 15.9. The Balaban J connectivity index is 2.02. The number of H-pyrrole nitrogens is 1. The first kappa shape index (κ1) is 23.3. The largest absolute Gasteiger partial charge is 0.427 e. The molecule has 1 aliphatic rings. The van der Waals surface area contributed by atoms with E-state index in [9.17, 15) is 35.9 Å². The second-order valence-electron chi connectivity index (χ2n) is 7.61. The Morgan fingerprint density at radius 2 is 1.35 bits per heavy atom. The van der Waals surface area contributed by atoms with Crippen molar-refractivity contribution in [3.8, 4) is 0 Å². The molecule has 1 aliphatic heterocycles. The summed E-state index contributed by atoms with van der Waals surface area (Å²) in [6.45, 7) is -0.393. The lowest BCUT2D eigenvalue weighted by Crippen LogP contribution is -2.59. The highest BCUT2D eigenvalue weighted by atomic mass is 19.4. The average molecular weight is 482 g/mol. The molecule has 3 aromatic rings. The second kappa shape index (κ2) is 8.19. The zero-order valence-corrected chi connectivity index (χ0v) is 17.2. The summed E-state index contributed by atoms with van der Waals surface area (Å²) >= 11 is 0. The van der Waals surface area contributed by atoms with Gasteiger partial charge in [0.15, 0.2) is 0 Å². The topological polar surface area (TPSA) is 79.2 Å². The number of amidine groups is 1. The van der Waals surface area contributed by atoms with E-state index in [1.54, 1.807) is 41.4 Å². The van der Waals surface area contributed by atoms with Crippen LogP contribution >= 0.6 is 0 Å². The van der Waals surface area contributed by atoms with E-state index >= 15 is 0 Å². The lowest BCUT2D eigenvalue weighted by molar-refractivity contribution is -0.301. The van der Waals surface area contributed by atoms with E-state index in [4.69, 9.17) is 0 Å². The molecule has 0 amide bonds. The maximum atomic E-state index is 14.2. The highest BCUT2D eigenvalue weighted by Gasteiger charge is 2.75. The fourth-order valence-electron chi connectivity index (χ4n) is 3.82. The number of alkyl halides is 6. The zero-order valence-electron chi connectivity index (χ0n) is 17.2. The van der Waals surface area contributed by atoms with Gasteiger partial charge < -0.3 is 5.32 Å². The van der Waals surface area contributed by atoms with Gasteiger partial charge in [-0.3, -0.25) is 14.3 Å². The molecule has 2 heterocycles. The smallest absolute Gasteiger partial charge is 0.329 e. The van der Waals surface area contributed by atoms with Gasteiger partial charge in [0.25, 0.3) is 11.1 Å². The van der Waals surface area contributed by atoms with Crippen molar-refractivity contribution in [1.29, 1.82) is 0 Å². The van der Waals surface area contributed by atoms with Crippen molar-refractivity contribution in [2.45, 2.75) is 30.9 Å². The minimum Gasteiger partial charge on any atom is -0.329 e. The molecule has 0 bridgehead atoms. The zero-order chi connectivity index (χ0) is 24.7. The van der Waals surface area contributed by atoms with Crippen LogP contribution in [0, 0.1) is 0 Å². The van der Waals surface area contributed by atoms with Gasteiger partial charge in [0.05, 0.1) is 6.54 Å². The molecule has 0 saturated carbocycles. The van der Waals surface area contributed by atoms with Crippen LogP contribution in [-0.2, 0) is 18.5 Å². The Morgan fingerprint density at radius 1 is 0.824 bits per heavy atom. The maximum Gasteiger partial charge on any atom is 0.427 e. The number of benzene rings is 2. The molecule has 0 saturated heterocycles. The SMILES string of the molecule is O=c1[nH]c(=O)n(Cc2ccccc2)c2c1C(C(F)(F)F)(C(F)(F)F)N=C(Cc1ccccc1)N2. The maximum absolute atomic E-state index is 14.2. The van der Waals surface area contributed by atoms with Crippen molar-refractivity contribution in [1.82, 2.24) is 9.55 Å². The normalized spacial score (nSPS) is 15.3. The highest BCUT2D eigenvalue weighted by Crippen LogP contribution is 2.55. The second-order valence-corrected chi connectivity index (χ2v) is 7.61. The average Bonchev–Trinajstić information content (AvgIpc) is 2.76. The first-order valence-corrected chi connectivity index (χ1v) is 9.88. The molecule has 0 fully saturated rings. The molecular weight excluding hydrogens is 466 g/mol. The number of nitrogens with one attached hydrogen (secondary N) is 2. The van der Waals surface area contributed by atoms with E-state index in [0.29, 0.717) is 15.7 Å². The number of aliphatic imine (C=N–C) groups is 1. The third-order valence-corrected chi connectivity index (χ3v) is 5.34. The molecule has 2 aromatic carbocycles. The third-order valence-electron chi connectivity index (χ3n) is 5.34. The van der Waals surface area contributed by atoms with Crippen LogP contribution in [0.5, 0.6) is 0 Å². The van der Waals surface area contributed by atoms with Gasteiger partial charge in [-0.05, 0) is 11.1 Å². The number of rotatable bonds is 4. The van der Waals surface area contributed by atoms with Gasteiger partial charge in [0.1, 0.15) is 17.2 Å². The molecule has 0 spiro atoms. The Kier molecular flexibility index (Phi) is 5.62. The van der Waals surface area contributed by atoms with E-state index in [1.807, 2.05) is 0 Å². The lowest BCUT2D eigenvalue weighted by atomic mass is 9.87. The standard InChI is InChI=1S/C22H16F6N4O2/c23-21(24,25)20(22(26,27)28)16-17(29-15(31-20)11-13-7-3-1-4-8-13)32(19(34)30-18(16)33)12-14-9-5-2-6-10-14/h1-10H,11-12H2,(H,29,31)(H,30,33,34). The van der Waals surface area contributed by atoms with Gasteiger partial charge >= 0.3 is 18.0 Å². The van der Waals surface area contributed by atoms with Crippen LogP contribution in [0.2, 0.25) is 0 Å². The van der Waals surface area contributed by atoms with Gasteiger partial charge in [-0.2, -0.15) is 26.3 Å². The van der Waals surface area contributed by atoms with Crippen LogP contribution in [0.1, 0.15) is 16.7 Å². The highest BCUT2D eigenvalue weighted by molar-refractivity contribution is 5.99. The van der Waals surface area contributed by atoms with Crippen molar-refractivity contribution in [2.75, 3.05) is 5.32 Å². The molecule has 0 unspecified atom stereocenters. The van der Waals surface area contributed by atoms with Crippen LogP contribution in [0.15, 0.2) is 75.2 Å². The Morgan fingerprint density at radius 3 is 1.88 bits per heavy atom. The number of anilines is 1. The van der Waals surface area contributed by atoms with E-state index in [1.165, 1.54) is 24.3 Å². The lowest BCUT2D eigenvalue weighted by Gasteiger charge is -2.38. The molecule has 12 heteroatoms. The quantitative estimate of drug-likeness (QED) is 0.553. The molecule has 2 N–H and O–H groups in total. The molecule has 0 aliphatic carbocycles. The predicted molar refractivity (Wildman–Crippen MR) is 112 cm³/mol. The minimum atomic E-state index is -6.04. The van der Waals surface area contributed by atoms with Crippen molar-refractivity contribution in [3.05, 3.63) is 98.2 Å². The number of hydrogen-bond acceptors (Lipinski definition) is 4. The van der Waals surface area contributed by atoms with Crippen LogP contribution in [0.25, 0.3) is 0 Å². The Labute approximate surface area is 187 Å². The van der Waals surface area contributed by atoms with E-state index < -0.39 is 59.3 Å². The summed E-state index contributed by atoms with van der Waals surface area (Å²) in [5.41, 5.74) is -8.81. The van der Waals surface area contributed by atoms with Crippen molar-refractivity contribution < 1.29 is 26.3 Å². The van der Waals surface area contributed by atoms with Gasteiger partial charge in [-0.15, -0.1) is 0 Å². The van der Waals surface area contributed by atoms with Crippen molar-refractivity contribution in [2.24, 2.45) is 4.99 Å². The molecular formula is C22H16F6N4O2. The fraction of sp³-hybridized carbons (Fsp3) is 0.227. The van der Waals surface area contributed by atoms with Gasteiger partial charge in [-0.1, -0.05) is 60.7 Å². The molecule has 0 atom stereocenters. The number of hydrogen-bond donors (Lipinski definition) is 2. The predicted octanol–water partition coefficient (Wildman–Crippen LogP) is 3.97. The summed E-state index contributed by atoms with van der Waals surface area (Å²) in [4.78, 5) is 29.7. The van der Waals surface area contributed by atoms with E-state index in [-0.39, 0.29) is 0 Å². The summed E-state index contributed by atoms with van der Waals surface area (Å²) in [6.07, 6.45) is -12.5. The van der Waals surface area contributed by atoms with E-state index in [2.05, 4.69) is 10.3 Å². The summed E-state index contributed by atoms with van der Waals surface area (Å²) in [6, 6.07) is 15.6. The number of fused-ring (bicyclic) bond motifs is 1. The number of nitrogens with zero attached hydrogens (tertiary/aromatic N) is 2. The number of halogens is 6. The molecule has 4 rings (SSSR count). The van der Waals surface area contributed by atoms with Crippen LogP contribution in [0.3, 0.4) is 0 Å². The molecule has 6 nitrogen and oxygen atoms in total. The van der Waals surface area contributed by atoms with Crippen LogP contribution < -0.4 is 16.6 Å². The van der Waals surface area contributed by atoms with Crippen molar-refractivity contribution >= 4 is 11.7 Å². The summed E-state index contributed by atoms with van der Waals surface area (Å²) in [5.74, 6) is -1.60. The van der Waals surface area contributed by atoms with E-state index in [0.717, 1.165) is 0 Å². The molecule has 1 aromatic heterocycles. The van der Waals surface area contributed by atoms with Gasteiger partial charge in [-0.25, -0.2) is 9.79 Å². The monoisotopic (exact) mass is 482 g/mol. The number of aromatic amines is 1. The minimum absolute atomic E-state index is 0.372. The molecule has 0 radical (unpaired) electrons. The van der Waals surface area contributed by atoms with Crippen molar-refractivity contribution in [3.63, 3.8) is 0 Å². The Bertz CT molecular complexity index is 1330. The fourth-order valence-corrected chi connectivity index (χ4v) is 3.82. The summed E-state index contributed by atoms with van der Waals surface area (Å²) in [7, 11) is 0. The molecule has 34 heavy (non-hydrogen) atoms. The Hall–Kier alpha value is -3.83. The number of aromatic nitrogens is 2. The van der Waals surface area contributed by atoms with Crippen LogP contribution in [0.4, 0.5) is 32.2 Å². The van der Waals surface area contributed by atoms with Crippen LogP contribution in [-0.4, -0.2) is 27.7 Å². The van der Waals surface area contributed by atoms with Gasteiger partial charge in [0.2, 0.25) is 0 Å². The molecule has 178 valence electrons. The summed E-state index contributed by atoms with van der Waals surface area (Å²) < 4.78 is 86.0. The third kappa shape index (κ3) is 3.88. The summed E-state index contributed by atoms with van der Waals surface area (Å²) in [5, 5.41) is 2.41. The first-order valence-electron chi connectivity index (χ1n) is 9.88. The van der Waals surface area contributed by atoms with Gasteiger partial charge in [0, 0.05) is 6.42 Å².